The lowest BCUT2D eigenvalue weighted by molar-refractivity contribution is 0.0536. The van der Waals surface area contributed by atoms with Gasteiger partial charge in [0.2, 0.25) is 0 Å². The number of hydrogen-bond acceptors (Lipinski definition) is 4. The van der Waals surface area contributed by atoms with Gasteiger partial charge in [0.05, 0.1) is 26.9 Å². The number of likely N-dealkylation sites (tertiary alicyclic amines) is 1. The first kappa shape index (κ1) is 25.0. The van der Waals surface area contributed by atoms with Crippen LogP contribution in [-0.2, 0) is 15.9 Å². The highest BCUT2D eigenvalue weighted by Crippen LogP contribution is 2.17. The molecule has 0 saturated carbocycles. The maximum Gasteiger partial charge on any atom is 0.193 e. The largest absolute Gasteiger partial charge is 0.497 e. The summed E-state index contributed by atoms with van der Waals surface area (Å²) in [4.78, 5) is 7.20. The second-order valence-corrected chi connectivity index (χ2v) is 6.86. The zero-order chi connectivity index (χ0) is 19.3. The lowest BCUT2D eigenvalue weighted by Crippen LogP contribution is -2.40. The summed E-state index contributed by atoms with van der Waals surface area (Å²) in [5.74, 6) is 2.51. The Morgan fingerprint density at radius 2 is 2.00 bits per heavy atom. The molecule has 28 heavy (non-hydrogen) atoms. The van der Waals surface area contributed by atoms with Crippen LogP contribution in [0.4, 0.5) is 0 Å². The maximum atomic E-state index is 5.69. The van der Waals surface area contributed by atoms with Crippen molar-refractivity contribution in [2.75, 3.05) is 60.2 Å². The quantitative estimate of drug-likeness (QED) is 0.217. The average Bonchev–Trinajstić information content (AvgIpc) is 3.17. The SMILES string of the molecule is CCNC(=NCCCc1ccc(OC)cc1)N1CCC(COCCOC)C1.I. The minimum absolute atomic E-state index is 0. The van der Waals surface area contributed by atoms with Crippen molar-refractivity contribution in [3.05, 3.63) is 29.8 Å². The van der Waals surface area contributed by atoms with Crippen LogP contribution in [0, 0.1) is 5.92 Å². The summed E-state index contributed by atoms with van der Waals surface area (Å²) in [6.07, 6.45) is 3.23. The van der Waals surface area contributed by atoms with Gasteiger partial charge in [-0.1, -0.05) is 12.1 Å². The average molecular weight is 505 g/mol. The van der Waals surface area contributed by atoms with Crippen molar-refractivity contribution in [1.29, 1.82) is 0 Å². The molecule has 1 aromatic rings. The van der Waals surface area contributed by atoms with Crippen LogP contribution < -0.4 is 10.1 Å². The molecule has 1 aliphatic heterocycles. The number of rotatable bonds is 11. The Bertz CT molecular complexity index is 554. The Kier molecular flexibility index (Phi) is 13.3. The van der Waals surface area contributed by atoms with Gasteiger partial charge in [0.15, 0.2) is 5.96 Å². The summed E-state index contributed by atoms with van der Waals surface area (Å²) < 4.78 is 15.9. The Morgan fingerprint density at radius 3 is 2.68 bits per heavy atom. The molecule has 0 bridgehead atoms. The van der Waals surface area contributed by atoms with Crippen molar-refractivity contribution in [2.24, 2.45) is 10.9 Å². The van der Waals surface area contributed by atoms with Gasteiger partial charge in [0.25, 0.3) is 0 Å². The molecule has 1 fully saturated rings. The van der Waals surface area contributed by atoms with E-state index in [9.17, 15) is 0 Å². The number of nitrogens with zero attached hydrogens (tertiary/aromatic N) is 2. The van der Waals surface area contributed by atoms with Crippen molar-refractivity contribution in [3.63, 3.8) is 0 Å². The van der Waals surface area contributed by atoms with Crippen LogP contribution in [0.2, 0.25) is 0 Å². The molecule has 0 aromatic heterocycles. The van der Waals surface area contributed by atoms with E-state index < -0.39 is 0 Å². The highest BCUT2D eigenvalue weighted by Gasteiger charge is 2.24. The van der Waals surface area contributed by atoms with Gasteiger partial charge in [-0.25, -0.2) is 0 Å². The minimum Gasteiger partial charge on any atom is -0.497 e. The first-order valence-electron chi connectivity index (χ1n) is 9.99. The molecule has 0 aliphatic carbocycles. The molecular weight excluding hydrogens is 469 g/mol. The van der Waals surface area contributed by atoms with E-state index >= 15 is 0 Å². The van der Waals surface area contributed by atoms with Gasteiger partial charge in [-0.2, -0.15) is 0 Å². The topological polar surface area (TPSA) is 55.3 Å². The monoisotopic (exact) mass is 505 g/mol. The van der Waals surface area contributed by atoms with E-state index in [4.69, 9.17) is 19.2 Å². The zero-order valence-electron chi connectivity index (χ0n) is 17.5. The van der Waals surface area contributed by atoms with Crippen LogP contribution in [-0.4, -0.2) is 71.1 Å². The van der Waals surface area contributed by atoms with E-state index in [0.29, 0.717) is 19.1 Å². The van der Waals surface area contributed by atoms with Crippen molar-refractivity contribution in [1.82, 2.24) is 10.2 Å². The van der Waals surface area contributed by atoms with E-state index in [1.165, 1.54) is 5.56 Å². The minimum atomic E-state index is 0. The fourth-order valence-electron chi connectivity index (χ4n) is 3.24. The summed E-state index contributed by atoms with van der Waals surface area (Å²) in [6, 6.07) is 8.29. The van der Waals surface area contributed by atoms with Crippen molar-refractivity contribution in [2.45, 2.75) is 26.2 Å². The third-order valence-electron chi connectivity index (χ3n) is 4.75. The Morgan fingerprint density at radius 1 is 1.21 bits per heavy atom. The summed E-state index contributed by atoms with van der Waals surface area (Å²) >= 11 is 0. The smallest absolute Gasteiger partial charge is 0.193 e. The molecule has 1 atom stereocenters. The molecular formula is C21H36IN3O3. The van der Waals surface area contributed by atoms with Gasteiger partial charge in [0.1, 0.15) is 5.75 Å². The first-order chi connectivity index (χ1) is 13.3. The van der Waals surface area contributed by atoms with Crippen LogP contribution >= 0.6 is 24.0 Å². The number of ether oxygens (including phenoxy) is 3. The van der Waals surface area contributed by atoms with E-state index in [1.54, 1.807) is 14.2 Å². The lowest BCUT2D eigenvalue weighted by Gasteiger charge is -2.21. The molecule has 1 unspecified atom stereocenters. The molecule has 160 valence electrons. The second-order valence-electron chi connectivity index (χ2n) is 6.86. The fourth-order valence-corrected chi connectivity index (χ4v) is 3.24. The van der Waals surface area contributed by atoms with Gasteiger partial charge in [-0.15, -0.1) is 24.0 Å². The summed E-state index contributed by atoms with van der Waals surface area (Å²) in [7, 11) is 3.40. The summed E-state index contributed by atoms with van der Waals surface area (Å²) in [6.45, 7) is 8.04. The molecule has 7 heteroatoms. The number of aryl methyl sites for hydroxylation is 1. The number of aliphatic imine (C=N–C) groups is 1. The van der Waals surface area contributed by atoms with Crippen molar-refractivity contribution in [3.8, 4) is 5.75 Å². The number of guanidine groups is 1. The van der Waals surface area contributed by atoms with Gasteiger partial charge >= 0.3 is 0 Å². The standard InChI is InChI=1S/C21H35N3O3.HI/c1-4-22-21(24-13-11-19(16-24)17-27-15-14-25-2)23-12-5-6-18-7-9-20(26-3)10-8-18;/h7-10,19H,4-6,11-17H2,1-3H3,(H,22,23);1H. The predicted molar refractivity (Wildman–Crippen MR) is 125 cm³/mol. The lowest BCUT2D eigenvalue weighted by atomic mass is 10.1. The molecule has 1 N–H and O–H groups in total. The number of nitrogens with one attached hydrogen (secondary N) is 1. The van der Waals surface area contributed by atoms with Gasteiger partial charge in [-0.05, 0) is 43.9 Å². The third kappa shape index (κ3) is 8.96. The van der Waals surface area contributed by atoms with Crippen molar-refractivity contribution < 1.29 is 14.2 Å². The highest BCUT2D eigenvalue weighted by atomic mass is 127. The number of methoxy groups -OCH3 is 2. The normalized spacial score (nSPS) is 16.8. The number of halogens is 1. The van der Waals surface area contributed by atoms with Gasteiger partial charge in [-0.3, -0.25) is 4.99 Å². The molecule has 0 radical (unpaired) electrons. The first-order valence-corrected chi connectivity index (χ1v) is 9.99. The van der Waals surface area contributed by atoms with Gasteiger partial charge in [0, 0.05) is 39.2 Å². The van der Waals surface area contributed by atoms with Crippen LogP contribution in [0.15, 0.2) is 29.3 Å². The van der Waals surface area contributed by atoms with E-state index in [-0.39, 0.29) is 24.0 Å². The van der Waals surface area contributed by atoms with E-state index in [1.807, 2.05) is 12.1 Å². The molecule has 1 heterocycles. The van der Waals surface area contributed by atoms with Gasteiger partial charge < -0.3 is 24.4 Å². The van der Waals surface area contributed by atoms with Crippen LogP contribution in [0.1, 0.15) is 25.3 Å². The molecule has 1 aromatic carbocycles. The number of benzene rings is 1. The van der Waals surface area contributed by atoms with Crippen LogP contribution in [0.25, 0.3) is 0 Å². The second kappa shape index (κ2) is 14.9. The zero-order valence-corrected chi connectivity index (χ0v) is 19.8. The third-order valence-corrected chi connectivity index (χ3v) is 4.75. The fraction of sp³-hybridized carbons (Fsp3) is 0.667. The molecule has 0 spiro atoms. The molecule has 1 aliphatic rings. The molecule has 1 saturated heterocycles. The number of hydrogen-bond donors (Lipinski definition) is 1. The predicted octanol–water partition coefficient (Wildman–Crippen LogP) is 3.20. The molecule has 0 amide bonds. The van der Waals surface area contributed by atoms with Crippen LogP contribution in [0.3, 0.4) is 0 Å². The Labute approximate surface area is 187 Å². The van der Waals surface area contributed by atoms with Crippen LogP contribution in [0.5, 0.6) is 5.75 Å². The summed E-state index contributed by atoms with van der Waals surface area (Å²) in [5.41, 5.74) is 1.32. The van der Waals surface area contributed by atoms with Crippen molar-refractivity contribution >= 4 is 29.9 Å². The maximum absolute atomic E-state index is 5.69. The molecule has 6 nitrogen and oxygen atoms in total. The highest BCUT2D eigenvalue weighted by molar-refractivity contribution is 14.0. The Balaban J connectivity index is 0.00000392. The van der Waals surface area contributed by atoms with E-state index in [0.717, 1.165) is 63.8 Å². The van der Waals surface area contributed by atoms with E-state index in [2.05, 4.69) is 29.3 Å². The molecule has 2 rings (SSSR count). The Hall–Kier alpha value is -1.06. The summed E-state index contributed by atoms with van der Waals surface area (Å²) in [5, 5.41) is 3.43.